The fourth-order valence-corrected chi connectivity index (χ4v) is 7.47. The summed E-state index contributed by atoms with van der Waals surface area (Å²) in [4.78, 5) is 15.9. The number of rotatable bonds is 7. The van der Waals surface area contributed by atoms with Gasteiger partial charge < -0.3 is 20.1 Å². The minimum atomic E-state index is -3.66. The lowest BCUT2D eigenvalue weighted by molar-refractivity contribution is -0.121. The number of anilines is 2. The van der Waals surface area contributed by atoms with Gasteiger partial charge in [0.25, 0.3) is 5.91 Å². The van der Waals surface area contributed by atoms with Gasteiger partial charge in [-0.15, -0.1) is 0 Å². The number of nitrogens with two attached hydrogens (primary N) is 1. The predicted octanol–water partition coefficient (Wildman–Crippen LogP) is 3.45. The lowest BCUT2D eigenvalue weighted by Gasteiger charge is -2.31. The predicted molar refractivity (Wildman–Crippen MR) is 167 cm³/mol. The Morgan fingerprint density at radius 3 is 1.80 bits per heavy atom. The van der Waals surface area contributed by atoms with Crippen molar-refractivity contribution in [3.63, 3.8) is 0 Å². The third-order valence-corrected chi connectivity index (χ3v) is 10.7. The van der Waals surface area contributed by atoms with Gasteiger partial charge in [0, 0.05) is 25.2 Å². The third kappa shape index (κ3) is 6.63. The number of ether oxygens (including phenoxy) is 2. The average molecular weight is 647 g/mol. The summed E-state index contributed by atoms with van der Waals surface area (Å²) < 4.78 is 61.4. The molecule has 2 heterocycles. The summed E-state index contributed by atoms with van der Waals surface area (Å²) in [7, 11) is -7.19. The molecule has 2 aliphatic rings. The van der Waals surface area contributed by atoms with Crippen molar-refractivity contribution < 1.29 is 31.1 Å². The number of benzene rings is 4. The third-order valence-electron chi connectivity index (χ3n) is 7.12. The molecule has 0 atom stereocenters. The Morgan fingerprint density at radius 2 is 1.27 bits per heavy atom. The maximum atomic E-state index is 12.6. The molecule has 13 heteroatoms. The van der Waals surface area contributed by atoms with Crippen LogP contribution >= 0.6 is 0 Å². The molecule has 0 fully saturated rings. The number of nitrogens with zero attached hydrogens (tertiary/aromatic N) is 3. The van der Waals surface area contributed by atoms with Gasteiger partial charge in [-0.2, -0.15) is 5.26 Å². The summed E-state index contributed by atoms with van der Waals surface area (Å²) in [5, 5.41) is 8.81. The van der Waals surface area contributed by atoms with Gasteiger partial charge in [0.2, 0.25) is 19.7 Å². The molecule has 45 heavy (non-hydrogen) atoms. The summed E-state index contributed by atoms with van der Waals surface area (Å²) in [6.45, 7) is 2.23. The van der Waals surface area contributed by atoms with Crippen LogP contribution in [0.3, 0.4) is 0 Å². The van der Waals surface area contributed by atoms with E-state index in [2.05, 4.69) is 4.90 Å². The van der Waals surface area contributed by atoms with E-state index < -0.39 is 19.7 Å². The molecule has 4 aromatic carbocycles. The highest BCUT2D eigenvalue weighted by atomic mass is 32.2. The quantitative estimate of drug-likeness (QED) is 0.295. The lowest BCUT2D eigenvalue weighted by atomic mass is 10.2. The number of carbonyl (C=O) groups is 1. The Balaban J connectivity index is 0.000000178. The number of amides is 1. The molecule has 0 aliphatic carbocycles. The first-order chi connectivity index (χ1) is 21.7. The van der Waals surface area contributed by atoms with Crippen LogP contribution in [0.1, 0.15) is 0 Å². The highest BCUT2D eigenvalue weighted by molar-refractivity contribution is 7.91. The van der Waals surface area contributed by atoms with E-state index in [9.17, 15) is 21.6 Å². The van der Waals surface area contributed by atoms with Crippen LogP contribution in [-0.2, 0) is 24.5 Å². The van der Waals surface area contributed by atoms with Crippen molar-refractivity contribution >= 4 is 37.0 Å². The molecule has 232 valence electrons. The van der Waals surface area contributed by atoms with E-state index in [4.69, 9.17) is 20.5 Å². The molecule has 6 rings (SSSR count). The van der Waals surface area contributed by atoms with Crippen LogP contribution in [0, 0.1) is 11.3 Å². The molecule has 0 radical (unpaired) electrons. The first-order valence-corrected chi connectivity index (χ1v) is 16.9. The number of fused-ring (bicyclic) bond motifs is 2. The monoisotopic (exact) mass is 646 g/mol. The van der Waals surface area contributed by atoms with Crippen molar-refractivity contribution in [3.8, 4) is 17.6 Å². The minimum absolute atomic E-state index is 0.0775. The van der Waals surface area contributed by atoms with Gasteiger partial charge in [-0.3, -0.25) is 9.69 Å². The van der Waals surface area contributed by atoms with Crippen LogP contribution in [0.25, 0.3) is 0 Å². The van der Waals surface area contributed by atoms with Crippen molar-refractivity contribution in [2.24, 2.45) is 5.73 Å². The Hall–Kier alpha value is -4.90. The maximum absolute atomic E-state index is 12.6. The zero-order chi connectivity index (χ0) is 32.0. The van der Waals surface area contributed by atoms with Crippen LogP contribution in [-0.4, -0.2) is 62.1 Å². The Bertz CT molecular complexity index is 1950. The number of nitriles is 1. The maximum Gasteiger partial charge on any atom is 0.265 e. The highest BCUT2D eigenvalue weighted by Gasteiger charge is 2.28. The van der Waals surface area contributed by atoms with Gasteiger partial charge in [-0.25, -0.2) is 16.8 Å². The number of carbonyl (C=O) groups excluding carboxylic acids is 1. The Labute approximate surface area is 261 Å². The van der Waals surface area contributed by atoms with Crippen LogP contribution in [0.15, 0.2) is 117 Å². The summed E-state index contributed by atoms with van der Waals surface area (Å²) in [6, 6.07) is 27.7. The molecular formula is C32H30N4O7S2. The molecule has 0 aromatic heterocycles. The summed E-state index contributed by atoms with van der Waals surface area (Å²) in [6.07, 6.45) is 0. The summed E-state index contributed by atoms with van der Waals surface area (Å²) in [5.41, 5.74) is 6.90. The highest BCUT2D eigenvalue weighted by Crippen LogP contribution is 2.36. The Morgan fingerprint density at radius 1 is 0.733 bits per heavy atom. The van der Waals surface area contributed by atoms with Crippen molar-refractivity contribution in [1.29, 1.82) is 5.26 Å². The fourth-order valence-electron chi connectivity index (χ4n) is 4.88. The van der Waals surface area contributed by atoms with E-state index in [1.165, 1.54) is 35.2 Å². The van der Waals surface area contributed by atoms with Gasteiger partial charge in [0.1, 0.15) is 24.7 Å². The Kier molecular flexibility index (Phi) is 9.38. The topological polar surface area (TPSA) is 160 Å². The molecular weight excluding hydrogens is 617 g/mol. The van der Waals surface area contributed by atoms with Crippen LogP contribution in [0.4, 0.5) is 11.4 Å². The molecule has 4 aromatic rings. The molecule has 0 saturated heterocycles. The second kappa shape index (κ2) is 13.4. The second-order valence-electron chi connectivity index (χ2n) is 9.94. The first-order valence-electron chi connectivity index (χ1n) is 13.9. The van der Waals surface area contributed by atoms with Crippen LogP contribution < -0.4 is 25.0 Å². The number of hydrogen-bond donors (Lipinski definition) is 1. The van der Waals surface area contributed by atoms with Crippen molar-refractivity contribution in [3.05, 3.63) is 97.1 Å². The molecule has 11 nitrogen and oxygen atoms in total. The van der Waals surface area contributed by atoms with E-state index in [0.717, 1.165) is 18.8 Å². The minimum Gasteiger partial charge on any atom is -0.490 e. The van der Waals surface area contributed by atoms with E-state index in [1.54, 1.807) is 66.7 Å². The lowest BCUT2D eigenvalue weighted by Crippen LogP contribution is -2.39. The van der Waals surface area contributed by atoms with Crippen LogP contribution in [0.2, 0.25) is 0 Å². The van der Waals surface area contributed by atoms with E-state index >= 15 is 0 Å². The van der Waals surface area contributed by atoms with E-state index in [-0.39, 0.29) is 44.4 Å². The van der Waals surface area contributed by atoms with Crippen LogP contribution in [0.5, 0.6) is 11.5 Å². The zero-order valence-electron chi connectivity index (χ0n) is 24.1. The fraction of sp³-hybridized carbons (Fsp3) is 0.188. The molecule has 0 spiro atoms. The van der Waals surface area contributed by atoms with Gasteiger partial charge in [0.05, 0.1) is 43.6 Å². The largest absolute Gasteiger partial charge is 0.490 e. The van der Waals surface area contributed by atoms with Crippen molar-refractivity contribution in [2.75, 3.05) is 49.2 Å². The van der Waals surface area contributed by atoms with Gasteiger partial charge in [-0.1, -0.05) is 36.4 Å². The SMILES string of the molecule is N#CCN1C(=O)COc2cc(S(=O)(=O)c3ccccc3)ccc21.NCCN1CCOc2cc(S(=O)(=O)c3ccccc3)ccc21. The van der Waals surface area contributed by atoms with Gasteiger partial charge in [-0.05, 0) is 48.5 Å². The van der Waals surface area contributed by atoms with Gasteiger partial charge >= 0.3 is 0 Å². The van der Waals surface area contributed by atoms with E-state index in [0.29, 0.717) is 24.6 Å². The van der Waals surface area contributed by atoms with Gasteiger partial charge in [0.15, 0.2) is 6.61 Å². The second-order valence-corrected chi connectivity index (χ2v) is 13.8. The number of sulfone groups is 2. The normalized spacial score (nSPS) is 14.1. The first kappa shape index (κ1) is 31.5. The van der Waals surface area contributed by atoms with Crippen molar-refractivity contribution in [1.82, 2.24) is 0 Å². The summed E-state index contributed by atoms with van der Waals surface area (Å²) >= 11 is 0. The average Bonchev–Trinajstić information content (AvgIpc) is 3.07. The molecule has 0 unspecified atom stereocenters. The molecule has 0 saturated carbocycles. The van der Waals surface area contributed by atoms with E-state index in [1.807, 2.05) is 6.07 Å². The summed E-state index contributed by atoms with van der Waals surface area (Å²) in [5.74, 6) is 0.534. The van der Waals surface area contributed by atoms with Crippen molar-refractivity contribution in [2.45, 2.75) is 19.6 Å². The molecule has 0 bridgehead atoms. The smallest absolute Gasteiger partial charge is 0.265 e. The standard InChI is InChI=1S/C16H12N2O4S.C16H18N2O3S/c17-8-9-18-14-7-6-13(10-15(14)22-11-16(18)19)23(20,21)12-4-2-1-3-5-12;17-8-9-18-10-11-21-16-12-14(6-7-15(16)18)22(19,20)13-4-2-1-3-5-13/h1-7,10H,9,11H2;1-7,12H,8-11,17H2. The zero-order valence-corrected chi connectivity index (χ0v) is 25.7. The molecule has 1 amide bonds. The molecule has 2 N–H and O–H groups in total. The number of hydrogen-bond acceptors (Lipinski definition) is 10. The molecule has 2 aliphatic heterocycles.